The summed E-state index contributed by atoms with van der Waals surface area (Å²) in [6.07, 6.45) is 58.9. The van der Waals surface area contributed by atoms with Gasteiger partial charge in [-0.2, -0.15) is 0 Å². The second-order valence-electron chi connectivity index (χ2n) is 19.5. The number of hydrogen-bond acceptors (Lipinski definition) is 11. The van der Waals surface area contributed by atoms with Gasteiger partial charge < -0.3 is 39.0 Å². The molecule has 1 aliphatic heterocycles. The van der Waals surface area contributed by atoms with E-state index in [-0.39, 0.29) is 25.9 Å². The zero-order valence-electron chi connectivity index (χ0n) is 47.7. The number of carboxylic acid groups (broad SMARTS) is 1. The van der Waals surface area contributed by atoms with Crippen molar-refractivity contribution in [2.75, 3.05) is 13.2 Å². The summed E-state index contributed by atoms with van der Waals surface area (Å²) in [4.78, 5) is 51.1. The number of rotatable bonds is 48. The van der Waals surface area contributed by atoms with Crippen LogP contribution in [-0.2, 0) is 42.9 Å². The number of carbonyl (C=O) groups is 4. The lowest BCUT2D eigenvalue weighted by molar-refractivity contribution is -0.301. The Bertz CT molecular complexity index is 1800. The van der Waals surface area contributed by atoms with E-state index in [1.807, 2.05) is 12.2 Å². The molecule has 1 aliphatic rings. The van der Waals surface area contributed by atoms with Gasteiger partial charge in [-0.3, -0.25) is 14.4 Å². The fourth-order valence-electron chi connectivity index (χ4n) is 7.99. The summed E-state index contributed by atoms with van der Waals surface area (Å²) in [6, 6.07) is 0. The quantitative estimate of drug-likeness (QED) is 0.0228. The molecule has 0 saturated carbocycles. The summed E-state index contributed by atoms with van der Waals surface area (Å²) in [5.74, 6) is -3.29. The van der Waals surface area contributed by atoms with Crippen LogP contribution in [0.2, 0.25) is 0 Å². The molecule has 1 heterocycles. The van der Waals surface area contributed by atoms with E-state index in [0.717, 1.165) is 135 Å². The average Bonchev–Trinajstić information content (AvgIpc) is 3.42. The van der Waals surface area contributed by atoms with Crippen molar-refractivity contribution in [1.29, 1.82) is 0 Å². The molecule has 0 aliphatic carbocycles. The summed E-state index contributed by atoms with van der Waals surface area (Å²) in [5.41, 5.74) is 0. The molecule has 12 heteroatoms. The molecule has 0 aromatic heterocycles. The molecule has 0 amide bonds. The molecule has 1 rings (SSSR count). The van der Waals surface area contributed by atoms with E-state index in [2.05, 4.69) is 130 Å². The minimum absolute atomic E-state index is 0.0291. The van der Waals surface area contributed by atoms with Gasteiger partial charge in [0.1, 0.15) is 18.8 Å². The highest BCUT2D eigenvalue weighted by molar-refractivity contribution is 5.74. The van der Waals surface area contributed by atoms with Gasteiger partial charge in [-0.05, 0) is 116 Å². The molecular formula is C65H102O12. The van der Waals surface area contributed by atoms with Crippen LogP contribution in [0.15, 0.2) is 122 Å². The molecule has 0 aromatic rings. The molecule has 12 nitrogen and oxygen atoms in total. The van der Waals surface area contributed by atoms with Gasteiger partial charge in [-0.15, -0.1) is 0 Å². The highest BCUT2D eigenvalue weighted by Gasteiger charge is 2.50. The minimum Gasteiger partial charge on any atom is -0.479 e. The van der Waals surface area contributed by atoms with Crippen molar-refractivity contribution in [3.63, 3.8) is 0 Å². The SMILES string of the molecule is CC/C=C\C/C=C\C/C=C\C/C=C\C/C=C\C/C=C\CCC(=O)OCC(COC1OC(C(=O)O)C(O)C(O)C1OC(=O)CCCCCCC/C=C\C/C=C\CCC)OC(=O)CCCCCCC/C=C\C/C=C\CCCCC. The summed E-state index contributed by atoms with van der Waals surface area (Å²) in [7, 11) is 0. The van der Waals surface area contributed by atoms with Gasteiger partial charge in [-0.1, -0.05) is 200 Å². The second-order valence-corrected chi connectivity index (χ2v) is 19.5. The van der Waals surface area contributed by atoms with Crippen LogP contribution in [0.4, 0.5) is 0 Å². The number of aliphatic hydroxyl groups excluding tert-OH is 2. The van der Waals surface area contributed by atoms with E-state index < -0.39 is 67.3 Å². The Kier molecular flexibility index (Phi) is 47.2. The maximum atomic E-state index is 13.1. The Morgan fingerprint density at radius 1 is 0.442 bits per heavy atom. The van der Waals surface area contributed by atoms with Crippen molar-refractivity contribution in [2.24, 2.45) is 0 Å². The van der Waals surface area contributed by atoms with Crippen molar-refractivity contribution in [3.05, 3.63) is 122 Å². The van der Waals surface area contributed by atoms with Crippen molar-refractivity contribution >= 4 is 23.9 Å². The van der Waals surface area contributed by atoms with E-state index >= 15 is 0 Å². The fraction of sp³-hybridized carbons (Fsp3) is 0.631. The molecule has 0 spiro atoms. The molecule has 6 atom stereocenters. The van der Waals surface area contributed by atoms with Crippen LogP contribution in [0.25, 0.3) is 0 Å². The van der Waals surface area contributed by atoms with Gasteiger partial charge in [-0.25, -0.2) is 4.79 Å². The van der Waals surface area contributed by atoms with Crippen LogP contribution in [0.5, 0.6) is 0 Å². The van der Waals surface area contributed by atoms with Gasteiger partial charge in [0.05, 0.1) is 6.61 Å². The van der Waals surface area contributed by atoms with Crippen LogP contribution < -0.4 is 0 Å². The average molecular weight is 1080 g/mol. The minimum atomic E-state index is -1.92. The Morgan fingerprint density at radius 2 is 0.870 bits per heavy atom. The summed E-state index contributed by atoms with van der Waals surface area (Å²) >= 11 is 0. The van der Waals surface area contributed by atoms with Crippen molar-refractivity contribution in [1.82, 2.24) is 0 Å². The molecule has 0 bridgehead atoms. The largest absolute Gasteiger partial charge is 0.479 e. The molecule has 1 fully saturated rings. The number of allylic oxidation sites excluding steroid dienone is 20. The lowest BCUT2D eigenvalue weighted by atomic mass is 9.98. The Hall–Kier alpha value is -4.88. The molecular weight excluding hydrogens is 973 g/mol. The van der Waals surface area contributed by atoms with Crippen LogP contribution in [0, 0.1) is 0 Å². The number of aliphatic carboxylic acids is 1. The van der Waals surface area contributed by atoms with E-state index in [9.17, 15) is 34.5 Å². The lowest BCUT2D eigenvalue weighted by Gasteiger charge is -2.40. The highest BCUT2D eigenvalue weighted by Crippen LogP contribution is 2.26. The molecule has 1 saturated heterocycles. The Morgan fingerprint density at radius 3 is 1.35 bits per heavy atom. The standard InChI is InChI=1S/C65H102O12/c1-4-7-10-13-16-19-22-25-27-28-29-30-32-34-36-39-42-45-48-51-57(66)73-54-56(75-58(67)52-49-46-43-40-38-35-31-26-23-20-17-14-11-8-5-2)55-74-65-63(61(70)60(69)62(77-65)64(71)72)76-59(68)53-50-47-44-41-37-33-24-21-18-15-12-9-6-3/h7,10,12,15-17,19-21,24-27,29-31,34,36,42,45,56,60-63,65,69-70H,4-6,8-9,11,13-14,18,22-23,28,32-33,35,37-41,43-44,46-55H2,1-3H3,(H,71,72)/b10-7-,15-12-,19-16-,20-17-,24-21-,27-25-,30-29-,31-26-,36-34-,45-42-. The maximum absolute atomic E-state index is 13.1. The second kappa shape index (κ2) is 51.9. The zero-order valence-corrected chi connectivity index (χ0v) is 47.7. The lowest BCUT2D eigenvalue weighted by Crippen LogP contribution is -2.61. The number of aliphatic hydroxyl groups is 2. The normalized spacial score (nSPS) is 18.9. The van der Waals surface area contributed by atoms with E-state index in [4.69, 9.17) is 23.7 Å². The van der Waals surface area contributed by atoms with Gasteiger partial charge in [0.2, 0.25) is 0 Å². The first-order chi connectivity index (χ1) is 37.6. The summed E-state index contributed by atoms with van der Waals surface area (Å²) in [6.45, 7) is 5.69. The summed E-state index contributed by atoms with van der Waals surface area (Å²) < 4.78 is 28.3. The van der Waals surface area contributed by atoms with Crippen LogP contribution in [0.1, 0.15) is 213 Å². The van der Waals surface area contributed by atoms with Crippen LogP contribution in [-0.4, -0.2) is 89.2 Å². The van der Waals surface area contributed by atoms with Crippen LogP contribution in [0.3, 0.4) is 0 Å². The van der Waals surface area contributed by atoms with E-state index in [1.165, 1.54) is 19.3 Å². The van der Waals surface area contributed by atoms with Gasteiger partial charge >= 0.3 is 23.9 Å². The highest BCUT2D eigenvalue weighted by atomic mass is 16.7. The molecule has 0 aromatic carbocycles. The van der Waals surface area contributed by atoms with E-state index in [0.29, 0.717) is 19.3 Å². The third kappa shape index (κ3) is 41.8. The van der Waals surface area contributed by atoms with Gasteiger partial charge in [0.15, 0.2) is 24.6 Å². The van der Waals surface area contributed by atoms with Gasteiger partial charge in [0.25, 0.3) is 0 Å². The first kappa shape index (κ1) is 70.1. The van der Waals surface area contributed by atoms with E-state index in [1.54, 1.807) is 0 Å². The van der Waals surface area contributed by atoms with Crippen molar-refractivity contribution in [2.45, 2.75) is 250 Å². The van der Waals surface area contributed by atoms with Gasteiger partial charge in [0, 0.05) is 19.3 Å². The maximum Gasteiger partial charge on any atom is 0.335 e. The summed E-state index contributed by atoms with van der Waals surface area (Å²) in [5, 5.41) is 31.5. The monoisotopic (exact) mass is 1070 g/mol. The predicted molar refractivity (Wildman–Crippen MR) is 312 cm³/mol. The Labute approximate surface area is 465 Å². The number of esters is 3. The fourth-order valence-corrected chi connectivity index (χ4v) is 7.99. The Balaban J connectivity index is 2.77. The first-order valence-corrected chi connectivity index (χ1v) is 29.5. The molecule has 3 N–H and O–H groups in total. The smallest absolute Gasteiger partial charge is 0.335 e. The molecule has 434 valence electrons. The molecule has 77 heavy (non-hydrogen) atoms. The van der Waals surface area contributed by atoms with Crippen molar-refractivity contribution < 1.29 is 58.2 Å². The first-order valence-electron chi connectivity index (χ1n) is 29.5. The van der Waals surface area contributed by atoms with Crippen LogP contribution >= 0.6 is 0 Å². The molecule has 6 unspecified atom stereocenters. The van der Waals surface area contributed by atoms with Crippen molar-refractivity contribution in [3.8, 4) is 0 Å². The predicted octanol–water partition coefficient (Wildman–Crippen LogP) is 15.2. The third-order valence-corrected chi connectivity index (χ3v) is 12.5. The number of carboxylic acids is 1. The number of unbranched alkanes of at least 4 members (excludes halogenated alkanes) is 14. The number of hydrogen-bond donors (Lipinski definition) is 3. The third-order valence-electron chi connectivity index (χ3n) is 12.5. The number of carbonyl (C=O) groups excluding carboxylic acids is 3. The molecule has 0 radical (unpaired) electrons. The zero-order chi connectivity index (χ0) is 56.1. The topological polar surface area (TPSA) is 175 Å². The number of ether oxygens (including phenoxy) is 5.